The average molecular weight is 1060 g/mol. The van der Waals surface area contributed by atoms with Gasteiger partial charge in [-0.2, -0.15) is 36.4 Å². The van der Waals surface area contributed by atoms with E-state index in [1.165, 1.54) is 33.5 Å². The molecule has 8 aromatic rings. The molecule has 2 aromatic heterocycles. The van der Waals surface area contributed by atoms with Crippen LogP contribution in [0.3, 0.4) is 0 Å². The van der Waals surface area contributed by atoms with Crippen molar-refractivity contribution in [1.29, 1.82) is 0 Å². The van der Waals surface area contributed by atoms with Crippen LogP contribution in [0, 0.1) is 25.0 Å². The summed E-state index contributed by atoms with van der Waals surface area (Å²) in [6, 6.07) is 61.7. The van der Waals surface area contributed by atoms with Crippen LogP contribution in [0.2, 0.25) is 0 Å². The molecule has 4 nitrogen and oxygen atoms in total. The molecule has 0 bridgehead atoms. The molecule has 0 fully saturated rings. The topological polar surface area (TPSA) is 24.3 Å². The number of fused-ring (bicyclic) bond motifs is 3. The van der Waals surface area contributed by atoms with E-state index in [9.17, 15) is 0 Å². The summed E-state index contributed by atoms with van der Waals surface area (Å²) in [7, 11) is 0. The summed E-state index contributed by atoms with van der Waals surface area (Å²) >= 11 is 0. The van der Waals surface area contributed by atoms with Crippen molar-refractivity contribution < 1.29 is 21.1 Å². The Morgan fingerprint density at radius 2 is 1.06 bits per heavy atom. The molecule has 0 radical (unpaired) electrons. The summed E-state index contributed by atoms with van der Waals surface area (Å²) in [6.07, 6.45) is 4.32. The number of pyridine rings is 1. The van der Waals surface area contributed by atoms with Crippen molar-refractivity contribution >= 4 is 33.2 Å². The summed E-state index contributed by atoms with van der Waals surface area (Å²) in [6.45, 7) is 28.3. The number of aromatic nitrogens is 2. The Kier molecular flexibility index (Phi) is 13.3. The monoisotopic (exact) mass is 1060 g/mol. The Morgan fingerprint density at radius 1 is 0.493 bits per heavy atom. The fraction of sp³-hybridized carbons (Fsp3) is 0.290. The first-order valence-electron chi connectivity index (χ1n) is 23.2. The minimum absolute atomic E-state index is 0. The van der Waals surface area contributed by atoms with Gasteiger partial charge in [0, 0.05) is 61.2 Å². The molecular weight excluding hydrogens is 996 g/mol. The Labute approximate surface area is 416 Å². The molecule has 67 heavy (non-hydrogen) atoms. The number of allylic oxidation sites excluding steroid dienone is 1. The predicted octanol–water partition coefficient (Wildman–Crippen LogP) is 15.7. The van der Waals surface area contributed by atoms with E-state index in [4.69, 9.17) is 4.98 Å². The van der Waals surface area contributed by atoms with Crippen molar-refractivity contribution in [2.45, 2.75) is 105 Å². The van der Waals surface area contributed by atoms with Crippen LogP contribution in [0.5, 0.6) is 0 Å². The van der Waals surface area contributed by atoms with E-state index < -0.39 is 5.41 Å². The van der Waals surface area contributed by atoms with Crippen LogP contribution in [0.4, 0.5) is 11.4 Å². The molecular formula is C62H67N4Pt-3. The second-order valence-electron chi connectivity index (χ2n) is 22.1. The van der Waals surface area contributed by atoms with E-state index in [0.717, 1.165) is 50.2 Å². The number of rotatable bonds is 7. The fourth-order valence-electron chi connectivity index (χ4n) is 9.59. The molecule has 9 rings (SSSR count). The van der Waals surface area contributed by atoms with Gasteiger partial charge >= 0.3 is 0 Å². The minimum Gasteiger partial charge on any atom is -0.358 e. The molecule has 5 heteroatoms. The summed E-state index contributed by atoms with van der Waals surface area (Å²) in [5, 5.41) is 2.32. The van der Waals surface area contributed by atoms with Crippen LogP contribution >= 0.6 is 0 Å². The maximum absolute atomic E-state index is 5.03. The Morgan fingerprint density at radius 3 is 1.64 bits per heavy atom. The van der Waals surface area contributed by atoms with Gasteiger partial charge in [-0.05, 0) is 79.8 Å². The number of benzene rings is 6. The molecule has 0 atom stereocenters. The van der Waals surface area contributed by atoms with E-state index >= 15 is 0 Å². The van der Waals surface area contributed by atoms with Gasteiger partial charge in [0.25, 0.3) is 0 Å². The van der Waals surface area contributed by atoms with Gasteiger partial charge in [0.05, 0.1) is 6.67 Å². The molecule has 348 valence electrons. The first-order valence-corrected chi connectivity index (χ1v) is 23.2. The molecule has 0 spiro atoms. The Hall–Kier alpha value is -5.70. The summed E-state index contributed by atoms with van der Waals surface area (Å²) in [5.41, 5.74) is 12.9. The van der Waals surface area contributed by atoms with Crippen molar-refractivity contribution in [2.75, 3.05) is 16.5 Å². The molecule has 0 amide bonds. The van der Waals surface area contributed by atoms with E-state index in [-0.39, 0.29) is 50.2 Å². The van der Waals surface area contributed by atoms with Gasteiger partial charge < -0.3 is 21.8 Å². The van der Waals surface area contributed by atoms with Crippen LogP contribution in [-0.4, -0.2) is 16.2 Å². The molecule has 0 N–H and O–H groups in total. The maximum Gasteiger partial charge on any atom is 0.135 e. The second kappa shape index (κ2) is 18.1. The standard InChI is InChI=1S/C61H64N4.CH3.Pt/c1-57(2,3)44-32-33-62-56(39-44)65-53-29-20-19-28-51(53)52-31-30-46(38-54(52)65)61(42-22-15-13-16-23-42,43-24-17-14-18-25-43)45-26-21-27-49(35-45)64-41-63(40-55(64)60(10,11)12)50-36-47(58(4,5)6)34-48(37-50)59(7,8)9;;/h13-34,36-37,39-40H,41H2,1-12H3;1H3;/q-2;-1;. The molecule has 0 saturated heterocycles. The van der Waals surface area contributed by atoms with E-state index in [2.05, 4.69) is 261 Å². The Balaban J connectivity index is 0.00000333. The van der Waals surface area contributed by atoms with Gasteiger partial charge in [-0.1, -0.05) is 179 Å². The zero-order valence-electron chi connectivity index (χ0n) is 41.8. The minimum atomic E-state index is -0.789. The molecule has 6 aromatic carbocycles. The smallest absolute Gasteiger partial charge is 0.135 e. The number of hydrogen-bond acceptors (Lipinski definition) is 3. The molecule has 0 unspecified atom stereocenters. The van der Waals surface area contributed by atoms with Crippen molar-refractivity contribution in [3.63, 3.8) is 0 Å². The normalized spacial score (nSPS) is 13.7. The third-order valence-corrected chi connectivity index (χ3v) is 13.3. The number of para-hydroxylation sites is 1. The van der Waals surface area contributed by atoms with Gasteiger partial charge in [-0.25, -0.2) is 4.98 Å². The molecule has 0 aliphatic carbocycles. The van der Waals surface area contributed by atoms with E-state index in [1.54, 1.807) is 0 Å². The van der Waals surface area contributed by atoms with Crippen LogP contribution in [0.15, 0.2) is 164 Å². The SMILES string of the molecule is CC(C)(C)C1=CN(c2cc(C(C)(C)C)cc(C(C)(C)C)c2)CN1c1[c-]c(C(c2[c-]c3c(cc2)c2ccccc2n3-c2cc(C(C)(C)C)ccn2)(c2ccccc2)c2ccccc2)ccc1.[CH3-].[Pt]. The largest absolute Gasteiger partial charge is 0.358 e. The van der Waals surface area contributed by atoms with Crippen LogP contribution < -0.4 is 9.80 Å². The van der Waals surface area contributed by atoms with Gasteiger partial charge in [-0.3, -0.25) is 0 Å². The van der Waals surface area contributed by atoms with Gasteiger partial charge in [0.15, 0.2) is 0 Å². The first kappa shape index (κ1) is 49.2. The van der Waals surface area contributed by atoms with Crippen molar-refractivity contribution in [3.05, 3.63) is 222 Å². The van der Waals surface area contributed by atoms with E-state index in [0.29, 0.717) is 6.67 Å². The van der Waals surface area contributed by atoms with Crippen LogP contribution in [0.1, 0.15) is 122 Å². The van der Waals surface area contributed by atoms with E-state index in [1.807, 2.05) is 6.20 Å². The zero-order chi connectivity index (χ0) is 46.1. The third kappa shape index (κ3) is 9.07. The second-order valence-corrected chi connectivity index (χ2v) is 22.1. The van der Waals surface area contributed by atoms with Crippen LogP contribution in [0.25, 0.3) is 27.6 Å². The van der Waals surface area contributed by atoms with Crippen molar-refractivity contribution in [3.8, 4) is 5.82 Å². The summed E-state index contributed by atoms with van der Waals surface area (Å²) < 4.78 is 2.31. The van der Waals surface area contributed by atoms with Gasteiger partial charge in [-0.15, -0.1) is 22.6 Å². The fourth-order valence-corrected chi connectivity index (χ4v) is 9.59. The van der Waals surface area contributed by atoms with Gasteiger partial charge in [0.2, 0.25) is 0 Å². The molecule has 1 aliphatic heterocycles. The van der Waals surface area contributed by atoms with Crippen molar-refractivity contribution in [2.24, 2.45) is 5.41 Å². The average Bonchev–Trinajstić information content (AvgIpc) is 3.88. The van der Waals surface area contributed by atoms with Crippen LogP contribution in [-0.2, 0) is 42.7 Å². The van der Waals surface area contributed by atoms with Gasteiger partial charge in [0.1, 0.15) is 5.82 Å². The summed E-state index contributed by atoms with van der Waals surface area (Å²) in [5.74, 6) is 0.887. The third-order valence-electron chi connectivity index (χ3n) is 13.3. The summed E-state index contributed by atoms with van der Waals surface area (Å²) in [4.78, 5) is 9.94. The number of nitrogens with zero attached hydrogens (tertiary/aromatic N) is 4. The number of anilines is 2. The zero-order valence-corrected chi connectivity index (χ0v) is 44.1. The van der Waals surface area contributed by atoms with Crippen molar-refractivity contribution in [1.82, 2.24) is 9.55 Å². The number of hydrogen-bond donors (Lipinski definition) is 0. The quantitative estimate of drug-likeness (QED) is 0.117. The Bertz CT molecular complexity index is 2990. The predicted molar refractivity (Wildman–Crippen MR) is 281 cm³/mol. The maximum atomic E-state index is 5.03. The molecule has 3 heterocycles. The first-order chi connectivity index (χ1) is 30.7. The molecule has 1 aliphatic rings. The molecule has 0 saturated carbocycles.